The lowest BCUT2D eigenvalue weighted by Gasteiger charge is -2.22. The van der Waals surface area contributed by atoms with Crippen LogP contribution in [0.2, 0.25) is 0 Å². The van der Waals surface area contributed by atoms with Crippen LogP contribution >= 0.6 is 0 Å². The Bertz CT molecular complexity index is 860. The number of nitrogens with one attached hydrogen (secondary N) is 1. The van der Waals surface area contributed by atoms with Gasteiger partial charge in [0.15, 0.2) is 0 Å². The minimum Gasteiger partial charge on any atom is -0.355 e. The Hall–Kier alpha value is -2.55. The van der Waals surface area contributed by atoms with E-state index in [0.717, 1.165) is 61.1 Å². The summed E-state index contributed by atoms with van der Waals surface area (Å²) in [6, 6.07) is 0.349. The normalized spacial score (nSPS) is 16.6. The number of aryl methyl sites for hydroxylation is 3. The van der Waals surface area contributed by atoms with Crippen LogP contribution in [0.1, 0.15) is 46.6 Å². The number of amides is 1. The van der Waals surface area contributed by atoms with Gasteiger partial charge in [0.2, 0.25) is 5.82 Å². The first-order valence-corrected chi connectivity index (χ1v) is 9.76. The van der Waals surface area contributed by atoms with Crippen LogP contribution in [0.25, 0.3) is 0 Å². The van der Waals surface area contributed by atoms with Crippen molar-refractivity contribution in [3.8, 4) is 0 Å². The van der Waals surface area contributed by atoms with Crippen LogP contribution in [0.15, 0.2) is 0 Å². The van der Waals surface area contributed by atoms with Crippen molar-refractivity contribution in [2.24, 2.45) is 0 Å². The predicted molar refractivity (Wildman–Crippen MR) is 107 cm³/mol. The first-order valence-electron chi connectivity index (χ1n) is 9.76. The number of carbonyl (C=O) groups is 1. The molecule has 9 heteroatoms. The molecule has 1 atom stereocenters. The Balaban J connectivity index is 1.71. The Kier molecular flexibility index (Phi) is 5.93. The maximum absolute atomic E-state index is 12.3. The summed E-state index contributed by atoms with van der Waals surface area (Å²) in [4.78, 5) is 25.1. The van der Waals surface area contributed by atoms with Gasteiger partial charge in [-0.15, -0.1) is 5.10 Å². The third kappa shape index (κ3) is 3.99. The molecule has 2 aromatic heterocycles. The SMILES string of the molecule is CCn1nnc(C)c1CN[C@@H]1CCN(c2nc(C(=O)N(C)C)nc(C)c2C)C1. The van der Waals surface area contributed by atoms with E-state index in [9.17, 15) is 4.79 Å². The topological polar surface area (TPSA) is 92.1 Å². The molecule has 0 spiro atoms. The van der Waals surface area contributed by atoms with Gasteiger partial charge in [-0.25, -0.2) is 14.6 Å². The molecular weight excluding hydrogens is 356 g/mol. The smallest absolute Gasteiger partial charge is 0.291 e. The second kappa shape index (κ2) is 8.22. The minimum atomic E-state index is -0.172. The Morgan fingerprint density at radius 3 is 2.64 bits per heavy atom. The first kappa shape index (κ1) is 20.2. The Morgan fingerprint density at radius 1 is 1.21 bits per heavy atom. The van der Waals surface area contributed by atoms with Gasteiger partial charge < -0.3 is 15.1 Å². The van der Waals surface area contributed by atoms with Crippen LogP contribution in [0.4, 0.5) is 5.82 Å². The van der Waals surface area contributed by atoms with Crippen LogP contribution in [0.3, 0.4) is 0 Å². The maximum Gasteiger partial charge on any atom is 0.291 e. The maximum atomic E-state index is 12.3. The van der Waals surface area contributed by atoms with E-state index in [1.54, 1.807) is 14.1 Å². The van der Waals surface area contributed by atoms with Crippen molar-refractivity contribution in [2.45, 2.75) is 53.2 Å². The lowest BCUT2D eigenvalue weighted by Crippen LogP contribution is -2.34. The standard InChI is InChI=1S/C19H30N8O/c1-7-27-16(14(4)23-24-27)10-20-15-8-9-26(11-15)18-12(2)13(3)21-17(22-18)19(28)25(5)6/h15,20H,7-11H2,1-6H3/t15-/m1/s1. The summed E-state index contributed by atoms with van der Waals surface area (Å²) in [6.07, 6.45) is 1.02. The number of nitrogens with zero attached hydrogens (tertiary/aromatic N) is 7. The quantitative estimate of drug-likeness (QED) is 0.794. The highest BCUT2D eigenvalue weighted by atomic mass is 16.2. The summed E-state index contributed by atoms with van der Waals surface area (Å²) in [7, 11) is 3.43. The van der Waals surface area contributed by atoms with Crippen molar-refractivity contribution < 1.29 is 4.79 Å². The van der Waals surface area contributed by atoms with Crippen LogP contribution < -0.4 is 10.2 Å². The fraction of sp³-hybridized carbons (Fsp3) is 0.632. The first-order chi connectivity index (χ1) is 13.3. The summed E-state index contributed by atoms with van der Waals surface area (Å²) in [5.74, 6) is 0.945. The van der Waals surface area contributed by atoms with Crippen molar-refractivity contribution in [3.05, 3.63) is 28.5 Å². The molecule has 9 nitrogen and oxygen atoms in total. The molecule has 0 aromatic carbocycles. The van der Waals surface area contributed by atoms with Gasteiger partial charge in [-0.3, -0.25) is 4.79 Å². The average Bonchev–Trinajstić information content (AvgIpc) is 3.27. The minimum absolute atomic E-state index is 0.172. The molecule has 2 aromatic rings. The van der Waals surface area contributed by atoms with E-state index in [1.807, 2.05) is 25.5 Å². The molecule has 28 heavy (non-hydrogen) atoms. The molecule has 0 saturated carbocycles. The molecule has 3 heterocycles. The van der Waals surface area contributed by atoms with Crippen molar-refractivity contribution in [2.75, 3.05) is 32.1 Å². The fourth-order valence-corrected chi connectivity index (χ4v) is 3.47. The van der Waals surface area contributed by atoms with Crippen LogP contribution in [0, 0.1) is 20.8 Å². The molecule has 0 unspecified atom stereocenters. The Morgan fingerprint density at radius 2 is 1.96 bits per heavy atom. The molecule has 0 radical (unpaired) electrons. The number of rotatable bonds is 6. The second-order valence-corrected chi connectivity index (χ2v) is 7.53. The molecule has 1 saturated heterocycles. The monoisotopic (exact) mass is 386 g/mol. The zero-order valence-corrected chi connectivity index (χ0v) is 17.7. The molecule has 0 aliphatic carbocycles. The van der Waals surface area contributed by atoms with Gasteiger partial charge >= 0.3 is 0 Å². The molecule has 3 rings (SSSR count). The van der Waals surface area contributed by atoms with Gasteiger partial charge in [0.25, 0.3) is 5.91 Å². The van der Waals surface area contributed by atoms with Gasteiger partial charge in [-0.1, -0.05) is 5.21 Å². The molecule has 1 fully saturated rings. The zero-order valence-electron chi connectivity index (χ0n) is 17.7. The molecule has 0 bridgehead atoms. The highest BCUT2D eigenvalue weighted by Gasteiger charge is 2.27. The third-order valence-corrected chi connectivity index (χ3v) is 5.34. The van der Waals surface area contributed by atoms with Gasteiger partial charge in [0.1, 0.15) is 5.82 Å². The van der Waals surface area contributed by atoms with Crippen LogP contribution in [0.5, 0.6) is 0 Å². The Labute approximate surface area is 166 Å². The largest absolute Gasteiger partial charge is 0.355 e. The van der Waals surface area contributed by atoms with Gasteiger partial charge in [0.05, 0.1) is 11.4 Å². The summed E-state index contributed by atoms with van der Waals surface area (Å²) >= 11 is 0. The molecule has 1 aliphatic heterocycles. The van der Waals surface area contributed by atoms with Crippen molar-refractivity contribution in [1.82, 2.24) is 35.2 Å². The second-order valence-electron chi connectivity index (χ2n) is 7.53. The average molecular weight is 387 g/mol. The molecule has 152 valence electrons. The summed E-state index contributed by atoms with van der Waals surface area (Å²) in [6.45, 7) is 11.3. The van der Waals surface area contributed by atoms with Crippen molar-refractivity contribution in [1.29, 1.82) is 0 Å². The van der Waals surface area contributed by atoms with Crippen molar-refractivity contribution >= 4 is 11.7 Å². The van der Waals surface area contributed by atoms with Gasteiger partial charge in [-0.2, -0.15) is 0 Å². The highest BCUT2D eigenvalue weighted by molar-refractivity contribution is 5.90. The third-order valence-electron chi connectivity index (χ3n) is 5.34. The van der Waals surface area contributed by atoms with E-state index in [2.05, 4.69) is 37.4 Å². The number of carbonyl (C=O) groups excluding carboxylic acids is 1. The summed E-state index contributed by atoms with van der Waals surface area (Å²) < 4.78 is 1.94. The van der Waals surface area contributed by atoms with E-state index in [4.69, 9.17) is 0 Å². The number of hydrogen-bond donors (Lipinski definition) is 1. The molecular formula is C19H30N8O. The van der Waals surface area contributed by atoms with Crippen LogP contribution in [-0.2, 0) is 13.1 Å². The molecule has 1 amide bonds. The number of anilines is 1. The van der Waals surface area contributed by atoms with E-state index >= 15 is 0 Å². The summed E-state index contributed by atoms with van der Waals surface area (Å²) in [5.41, 5.74) is 3.98. The van der Waals surface area contributed by atoms with Gasteiger partial charge in [-0.05, 0) is 34.1 Å². The summed E-state index contributed by atoms with van der Waals surface area (Å²) in [5, 5.41) is 12.0. The lowest BCUT2D eigenvalue weighted by atomic mass is 10.2. The number of aromatic nitrogens is 5. The highest BCUT2D eigenvalue weighted by Crippen LogP contribution is 2.24. The fourth-order valence-electron chi connectivity index (χ4n) is 3.47. The van der Waals surface area contributed by atoms with Crippen molar-refractivity contribution in [3.63, 3.8) is 0 Å². The van der Waals surface area contributed by atoms with E-state index < -0.39 is 0 Å². The van der Waals surface area contributed by atoms with Gasteiger partial charge in [0, 0.05) is 57.6 Å². The lowest BCUT2D eigenvalue weighted by molar-refractivity contribution is 0.0815. The van der Waals surface area contributed by atoms with Crippen LogP contribution in [-0.4, -0.2) is 69.0 Å². The number of hydrogen-bond acceptors (Lipinski definition) is 7. The predicted octanol–water partition coefficient (Wildman–Crippen LogP) is 1.08. The van der Waals surface area contributed by atoms with E-state index in [-0.39, 0.29) is 11.7 Å². The van der Waals surface area contributed by atoms with E-state index in [0.29, 0.717) is 6.04 Å². The molecule has 1 N–H and O–H groups in total. The van der Waals surface area contributed by atoms with E-state index in [1.165, 1.54) is 4.90 Å². The zero-order chi connectivity index (χ0) is 20.4. The molecule has 1 aliphatic rings.